The van der Waals surface area contributed by atoms with Crippen molar-refractivity contribution in [1.29, 1.82) is 0 Å². The lowest BCUT2D eigenvalue weighted by Gasteiger charge is -2.02. The molecule has 0 amide bonds. The highest BCUT2D eigenvalue weighted by molar-refractivity contribution is 5.09. The summed E-state index contributed by atoms with van der Waals surface area (Å²) in [6.07, 6.45) is 12.6. The van der Waals surface area contributed by atoms with E-state index in [-0.39, 0.29) is 0 Å². The van der Waals surface area contributed by atoms with Crippen LogP contribution in [0.2, 0.25) is 0 Å². The second-order valence-electron chi connectivity index (χ2n) is 5.21. The molecule has 0 spiro atoms. The van der Waals surface area contributed by atoms with Gasteiger partial charge in [-0.1, -0.05) is 58.4 Å². The van der Waals surface area contributed by atoms with Gasteiger partial charge in [0.25, 0.3) is 0 Å². The average molecular weight is 282 g/mol. The average Bonchev–Trinajstić information content (AvgIpc) is 2.45. The lowest BCUT2D eigenvalue weighted by molar-refractivity contribution is 0.574. The van der Waals surface area contributed by atoms with E-state index in [1.54, 1.807) is 6.20 Å². The summed E-state index contributed by atoms with van der Waals surface area (Å²) in [7, 11) is 0. The minimum Gasteiger partial charge on any atom is -0.330 e. The van der Waals surface area contributed by atoms with Gasteiger partial charge in [0.15, 0.2) is 0 Å². The van der Waals surface area contributed by atoms with Crippen molar-refractivity contribution in [1.82, 2.24) is 4.98 Å². The van der Waals surface area contributed by atoms with Crippen LogP contribution >= 0.6 is 0 Å². The van der Waals surface area contributed by atoms with E-state index in [0.717, 1.165) is 24.9 Å². The third-order valence-corrected chi connectivity index (χ3v) is 2.96. The molecule has 0 fully saturated rings. The van der Waals surface area contributed by atoms with Gasteiger partial charge in [0, 0.05) is 6.20 Å². The van der Waals surface area contributed by atoms with Gasteiger partial charge in [-0.25, -0.2) is 4.98 Å². The van der Waals surface area contributed by atoms with Crippen molar-refractivity contribution in [2.75, 3.05) is 6.54 Å². The summed E-state index contributed by atoms with van der Waals surface area (Å²) in [5.74, 6) is -0.395. The zero-order chi connectivity index (χ0) is 15.1. The Hall–Kier alpha value is -0.960. The minimum atomic E-state index is -0.395. The summed E-state index contributed by atoms with van der Waals surface area (Å²) in [4.78, 5) is 3.65. The SMILES string of the molecule is CCC.NCCCCCCCCCc1ccc(F)nc1. The summed E-state index contributed by atoms with van der Waals surface area (Å²) in [5.41, 5.74) is 6.57. The molecule has 1 heterocycles. The first-order valence-corrected chi connectivity index (χ1v) is 8.05. The Labute approximate surface area is 124 Å². The van der Waals surface area contributed by atoms with Crippen LogP contribution in [0.5, 0.6) is 0 Å². The van der Waals surface area contributed by atoms with Gasteiger partial charge in [-0.05, 0) is 37.4 Å². The van der Waals surface area contributed by atoms with Crippen LogP contribution in [0.4, 0.5) is 4.39 Å². The van der Waals surface area contributed by atoms with Gasteiger partial charge in [0.2, 0.25) is 5.95 Å². The Balaban J connectivity index is 0.00000110. The van der Waals surface area contributed by atoms with E-state index in [1.807, 2.05) is 6.07 Å². The molecule has 0 radical (unpaired) electrons. The molecule has 0 saturated heterocycles. The summed E-state index contributed by atoms with van der Waals surface area (Å²) < 4.78 is 12.6. The molecule has 20 heavy (non-hydrogen) atoms. The van der Waals surface area contributed by atoms with E-state index in [9.17, 15) is 4.39 Å². The smallest absolute Gasteiger partial charge is 0.212 e. The molecule has 116 valence electrons. The van der Waals surface area contributed by atoms with E-state index in [4.69, 9.17) is 5.73 Å². The fraction of sp³-hybridized carbons (Fsp3) is 0.706. The maximum absolute atomic E-state index is 12.6. The van der Waals surface area contributed by atoms with Crippen molar-refractivity contribution in [3.8, 4) is 0 Å². The first-order chi connectivity index (χ1) is 9.74. The quantitative estimate of drug-likeness (QED) is 0.518. The predicted molar refractivity (Wildman–Crippen MR) is 85.2 cm³/mol. The highest BCUT2D eigenvalue weighted by atomic mass is 19.1. The molecule has 0 aliphatic heterocycles. The van der Waals surface area contributed by atoms with Crippen molar-refractivity contribution in [2.24, 2.45) is 5.73 Å². The standard InChI is InChI=1S/C14H23FN2.C3H8/c15-14-10-9-13(12-17-14)8-6-4-2-1-3-5-7-11-16;1-3-2/h9-10,12H,1-8,11,16H2;3H2,1-2H3. The van der Waals surface area contributed by atoms with Crippen LogP contribution < -0.4 is 5.73 Å². The number of unbranched alkanes of at least 4 members (excludes halogenated alkanes) is 6. The number of aryl methyl sites for hydroxylation is 1. The molecule has 0 aliphatic carbocycles. The van der Waals surface area contributed by atoms with E-state index in [0.29, 0.717) is 0 Å². The number of halogens is 1. The molecule has 1 aromatic rings. The van der Waals surface area contributed by atoms with Crippen LogP contribution in [0.1, 0.15) is 70.8 Å². The highest BCUT2D eigenvalue weighted by Gasteiger charge is 1.96. The first kappa shape index (κ1) is 19.0. The van der Waals surface area contributed by atoms with E-state index in [1.165, 1.54) is 51.0 Å². The van der Waals surface area contributed by atoms with Gasteiger partial charge in [0.05, 0.1) is 0 Å². The van der Waals surface area contributed by atoms with E-state index in [2.05, 4.69) is 18.8 Å². The van der Waals surface area contributed by atoms with Crippen LogP contribution in [0.15, 0.2) is 18.3 Å². The zero-order valence-corrected chi connectivity index (χ0v) is 13.2. The van der Waals surface area contributed by atoms with E-state index >= 15 is 0 Å². The van der Waals surface area contributed by atoms with Gasteiger partial charge in [-0.2, -0.15) is 4.39 Å². The molecule has 3 heteroatoms. The maximum atomic E-state index is 12.6. The highest BCUT2D eigenvalue weighted by Crippen LogP contribution is 2.10. The Bertz CT molecular complexity index is 298. The maximum Gasteiger partial charge on any atom is 0.212 e. The van der Waals surface area contributed by atoms with Gasteiger partial charge in [0.1, 0.15) is 0 Å². The molecule has 0 bridgehead atoms. The molecular weight excluding hydrogens is 251 g/mol. The normalized spacial score (nSPS) is 10.0. The predicted octanol–water partition coefficient (Wildman–Crippen LogP) is 4.87. The third kappa shape index (κ3) is 12.1. The Morgan fingerprint density at radius 3 is 2.00 bits per heavy atom. The minimum absolute atomic E-state index is 0.395. The second kappa shape index (κ2) is 14.4. The molecule has 0 atom stereocenters. The lowest BCUT2D eigenvalue weighted by atomic mass is 10.1. The Morgan fingerprint density at radius 1 is 0.950 bits per heavy atom. The summed E-state index contributed by atoms with van der Waals surface area (Å²) >= 11 is 0. The van der Waals surface area contributed by atoms with Crippen LogP contribution in [0.3, 0.4) is 0 Å². The van der Waals surface area contributed by atoms with Crippen LogP contribution in [0, 0.1) is 5.95 Å². The zero-order valence-electron chi connectivity index (χ0n) is 13.2. The summed E-state index contributed by atoms with van der Waals surface area (Å²) in [6, 6.07) is 3.26. The number of hydrogen-bond acceptors (Lipinski definition) is 2. The van der Waals surface area contributed by atoms with Crippen molar-refractivity contribution < 1.29 is 4.39 Å². The molecule has 2 N–H and O–H groups in total. The van der Waals surface area contributed by atoms with Crippen LogP contribution in [0.25, 0.3) is 0 Å². The van der Waals surface area contributed by atoms with Gasteiger partial charge in [-0.15, -0.1) is 0 Å². The van der Waals surface area contributed by atoms with Crippen LogP contribution in [-0.4, -0.2) is 11.5 Å². The fourth-order valence-electron chi connectivity index (χ4n) is 1.91. The molecule has 0 saturated carbocycles. The van der Waals surface area contributed by atoms with Crippen molar-refractivity contribution >= 4 is 0 Å². The summed E-state index contributed by atoms with van der Waals surface area (Å²) in [5, 5.41) is 0. The monoisotopic (exact) mass is 282 g/mol. The molecule has 1 rings (SSSR count). The van der Waals surface area contributed by atoms with Crippen LogP contribution in [-0.2, 0) is 6.42 Å². The number of aromatic nitrogens is 1. The van der Waals surface area contributed by atoms with Gasteiger partial charge < -0.3 is 5.73 Å². The van der Waals surface area contributed by atoms with Crippen molar-refractivity contribution in [3.63, 3.8) is 0 Å². The van der Waals surface area contributed by atoms with Gasteiger partial charge in [-0.3, -0.25) is 0 Å². The number of nitrogens with zero attached hydrogens (tertiary/aromatic N) is 1. The fourth-order valence-corrected chi connectivity index (χ4v) is 1.91. The second-order valence-corrected chi connectivity index (χ2v) is 5.21. The molecule has 2 nitrogen and oxygen atoms in total. The van der Waals surface area contributed by atoms with Gasteiger partial charge >= 0.3 is 0 Å². The topological polar surface area (TPSA) is 38.9 Å². The molecular formula is C17H31FN2. The molecule has 1 aromatic heterocycles. The van der Waals surface area contributed by atoms with Crippen molar-refractivity contribution in [2.45, 2.75) is 71.6 Å². The largest absolute Gasteiger partial charge is 0.330 e. The van der Waals surface area contributed by atoms with Crippen molar-refractivity contribution in [3.05, 3.63) is 29.8 Å². The number of rotatable bonds is 9. The number of pyridine rings is 1. The lowest BCUT2D eigenvalue weighted by Crippen LogP contribution is -1.97. The molecule has 0 aliphatic rings. The number of hydrogen-bond donors (Lipinski definition) is 1. The Morgan fingerprint density at radius 2 is 1.50 bits per heavy atom. The third-order valence-electron chi connectivity index (χ3n) is 2.96. The molecule has 0 unspecified atom stereocenters. The number of nitrogens with two attached hydrogens (primary N) is 1. The van der Waals surface area contributed by atoms with E-state index < -0.39 is 5.95 Å². The molecule has 0 aromatic carbocycles. The first-order valence-electron chi connectivity index (χ1n) is 8.05. The Kier molecular flexibility index (Phi) is 13.8. The summed E-state index contributed by atoms with van der Waals surface area (Å²) in [6.45, 7) is 5.07.